The van der Waals surface area contributed by atoms with Gasteiger partial charge in [0.1, 0.15) is 42.0 Å². The lowest BCUT2D eigenvalue weighted by atomic mass is 9.65. The molecule has 5 aromatic carbocycles. The molecule has 0 aliphatic carbocycles. The molecule has 0 bridgehead atoms. The number of fused-ring (bicyclic) bond motifs is 4. The normalized spacial score (nSPS) is 23.8. The molecule has 4 N–H and O–H groups in total. The first-order chi connectivity index (χ1) is 27.4. The van der Waals surface area contributed by atoms with Crippen molar-refractivity contribution in [2.75, 3.05) is 18.5 Å². The number of esters is 1. The van der Waals surface area contributed by atoms with Crippen LogP contribution in [0.2, 0.25) is 0 Å². The average molecular weight is 745 g/mol. The highest BCUT2D eigenvalue weighted by Gasteiger charge is 2.74. The molecule has 1 spiro atoms. The quantitative estimate of drug-likeness (QED) is 0.149. The van der Waals surface area contributed by atoms with Crippen LogP contribution in [0.15, 0.2) is 127 Å². The zero-order valence-electron chi connectivity index (χ0n) is 30.0. The van der Waals surface area contributed by atoms with Crippen LogP contribution in [-0.2, 0) is 31.1 Å². The number of cyclic esters (lactones) is 1. The number of hydrogen-bond acceptors (Lipinski definition) is 9. The van der Waals surface area contributed by atoms with E-state index in [1.54, 1.807) is 35.0 Å². The van der Waals surface area contributed by atoms with Crippen LogP contribution in [0, 0.1) is 17.8 Å². The van der Waals surface area contributed by atoms with Crippen LogP contribution in [-0.4, -0.2) is 62.0 Å². The second-order valence-corrected chi connectivity index (χ2v) is 14.0. The van der Waals surface area contributed by atoms with Gasteiger partial charge in [0.2, 0.25) is 11.8 Å². The zero-order chi connectivity index (χ0) is 38.4. The molecule has 4 heterocycles. The van der Waals surface area contributed by atoms with E-state index >= 15 is 4.79 Å². The topological polar surface area (TPSA) is 162 Å². The molecular weight excluding hydrogens is 709 g/mol. The molecule has 6 unspecified atom stereocenters. The summed E-state index contributed by atoms with van der Waals surface area (Å²) >= 11 is 0. The number of anilines is 1. The number of rotatable bonds is 8. The maximum absolute atomic E-state index is 15.1. The number of aromatic nitrogens is 3. The van der Waals surface area contributed by atoms with Crippen molar-refractivity contribution in [2.24, 2.45) is 11.7 Å². The first-order valence-electron chi connectivity index (χ1n) is 18.3. The molecule has 2 amide bonds. The van der Waals surface area contributed by atoms with Gasteiger partial charge in [0.05, 0.1) is 30.1 Å². The molecule has 2 saturated heterocycles. The summed E-state index contributed by atoms with van der Waals surface area (Å²) in [7, 11) is 0. The highest BCUT2D eigenvalue weighted by molar-refractivity contribution is 6.12. The van der Waals surface area contributed by atoms with Crippen LogP contribution in [0.25, 0.3) is 11.0 Å². The van der Waals surface area contributed by atoms with E-state index in [2.05, 4.69) is 27.5 Å². The maximum Gasteiger partial charge on any atom is 0.324 e. The molecule has 12 nitrogen and oxygen atoms in total. The van der Waals surface area contributed by atoms with Crippen LogP contribution in [0.1, 0.15) is 46.0 Å². The fourth-order valence-corrected chi connectivity index (χ4v) is 8.92. The van der Waals surface area contributed by atoms with E-state index in [0.717, 1.165) is 22.2 Å². The maximum atomic E-state index is 15.1. The van der Waals surface area contributed by atoms with Crippen molar-refractivity contribution < 1.29 is 29.0 Å². The first-order valence-corrected chi connectivity index (χ1v) is 18.3. The Labute approximate surface area is 321 Å². The van der Waals surface area contributed by atoms with E-state index in [0.29, 0.717) is 28.1 Å². The van der Waals surface area contributed by atoms with Gasteiger partial charge in [-0.3, -0.25) is 19.3 Å². The molecule has 3 aliphatic heterocycles. The van der Waals surface area contributed by atoms with Gasteiger partial charge in [0.15, 0.2) is 0 Å². The summed E-state index contributed by atoms with van der Waals surface area (Å²) in [6.07, 6.45) is -0.826. The van der Waals surface area contributed by atoms with Gasteiger partial charge in [0.25, 0.3) is 0 Å². The molecule has 2 fully saturated rings. The summed E-state index contributed by atoms with van der Waals surface area (Å²) in [5.41, 5.74) is 9.81. The van der Waals surface area contributed by atoms with E-state index in [1.165, 1.54) is 0 Å². The second kappa shape index (κ2) is 14.1. The lowest BCUT2D eigenvalue weighted by molar-refractivity contribution is -0.178. The van der Waals surface area contributed by atoms with Crippen LogP contribution in [0.3, 0.4) is 0 Å². The highest BCUT2D eigenvalue weighted by Crippen LogP contribution is 2.65. The molecule has 0 radical (unpaired) electrons. The van der Waals surface area contributed by atoms with E-state index < -0.39 is 53.3 Å². The number of carbonyl (C=O) groups excluding carboxylic acids is 3. The van der Waals surface area contributed by atoms with Gasteiger partial charge < -0.3 is 25.6 Å². The van der Waals surface area contributed by atoms with E-state index in [-0.39, 0.29) is 19.8 Å². The Morgan fingerprint density at radius 3 is 2.38 bits per heavy atom. The van der Waals surface area contributed by atoms with Crippen LogP contribution in [0.4, 0.5) is 5.69 Å². The minimum atomic E-state index is -1.76. The van der Waals surface area contributed by atoms with E-state index in [4.69, 9.17) is 15.2 Å². The predicted molar refractivity (Wildman–Crippen MR) is 206 cm³/mol. The summed E-state index contributed by atoms with van der Waals surface area (Å²) < 4.78 is 14.2. The smallest absolute Gasteiger partial charge is 0.324 e. The summed E-state index contributed by atoms with van der Waals surface area (Å²) in [5, 5.41) is 21.3. The summed E-state index contributed by atoms with van der Waals surface area (Å²) in [5.74, 6) is 3.38. The van der Waals surface area contributed by atoms with Crippen molar-refractivity contribution in [1.82, 2.24) is 19.9 Å². The Bertz CT molecular complexity index is 2550. The number of hydrogen-bond donors (Lipinski definition) is 3. The van der Waals surface area contributed by atoms with Crippen molar-refractivity contribution in [1.29, 1.82) is 0 Å². The minimum absolute atomic E-state index is 0.0280. The Morgan fingerprint density at radius 1 is 0.893 bits per heavy atom. The van der Waals surface area contributed by atoms with E-state index in [1.807, 2.05) is 102 Å². The van der Waals surface area contributed by atoms with Crippen molar-refractivity contribution in [3.05, 3.63) is 155 Å². The molecule has 9 rings (SSSR count). The van der Waals surface area contributed by atoms with Crippen LogP contribution >= 0.6 is 0 Å². The molecule has 6 aromatic rings. The Kier molecular flexibility index (Phi) is 8.80. The Hall–Kier alpha value is -6.81. The van der Waals surface area contributed by atoms with Crippen molar-refractivity contribution in [3.63, 3.8) is 0 Å². The minimum Gasteiger partial charge on any atom is -0.491 e. The second-order valence-electron chi connectivity index (χ2n) is 14.0. The van der Waals surface area contributed by atoms with Gasteiger partial charge in [-0.25, -0.2) is 4.68 Å². The number of nitrogens with one attached hydrogen (secondary N) is 1. The number of carbonyl (C=O) groups is 3. The SMILES string of the molecule is NC(=O)C1C2C(=O)OC(c3ccccc3)C(c3ccccc3)N2C(c2ccccc2OCCO)C12C(=O)Nc1ccc(C#CCn3nnc4ccccc43)cc12. The lowest BCUT2D eigenvalue weighted by Gasteiger charge is -2.46. The lowest BCUT2D eigenvalue weighted by Crippen LogP contribution is -2.53. The van der Waals surface area contributed by atoms with Gasteiger partial charge in [-0.15, -0.1) is 5.10 Å². The van der Waals surface area contributed by atoms with Gasteiger partial charge in [-0.2, -0.15) is 0 Å². The largest absolute Gasteiger partial charge is 0.491 e. The van der Waals surface area contributed by atoms with E-state index in [9.17, 15) is 14.7 Å². The number of amides is 2. The number of nitrogens with two attached hydrogens (primary N) is 1. The molecule has 12 heteroatoms. The number of aliphatic hydroxyl groups is 1. The number of primary amides is 1. The molecular formula is C44H36N6O6. The zero-order valence-corrected chi connectivity index (χ0v) is 30.0. The number of para-hydroxylation sites is 2. The standard InChI is InChI=1S/C44H36N6O6/c45-41(52)36-38-42(53)56-39(29-15-5-2-6-16-29)37(28-13-3-1-4-14-28)50(38)40(30-17-7-10-20-35(30)55-25-24-51)44(36)31-26-27(21-22-32(31)46-43(44)54)12-11-23-49-34-19-9-8-18-33(34)47-48-49/h1-10,13-22,26,36-40,51H,23-25H2,(H2,45,52)(H,46,54). The van der Waals surface area contributed by atoms with Crippen molar-refractivity contribution in [2.45, 2.75) is 36.2 Å². The number of morpholine rings is 1. The predicted octanol–water partition coefficient (Wildman–Crippen LogP) is 4.61. The average Bonchev–Trinajstić information content (AvgIpc) is 3.88. The van der Waals surface area contributed by atoms with Crippen molar-refractivity contribution >= 4 is 34.5 Å². The number of aliphatic hydroxyl groups excluding tert-OH is 1. The third-order valence-electron chi connectivity index (χ3n) is 11.1. The summed E-state index contributed by atoms with van der Waals surface area (Å²) in [6, 6.07) is 36.2. The van der Waals surface area contributed by atoms with Gasteiger partial charge in [-0.05, 0) is 53.1 Å². The van der Waals surface area contributed by atoms with Gasteiger partial charge >= 0.3 is 5.97 Å². The highest BCUT2D eigenvalue weighted by atomic mass is 16.6. The number of benzene rings is 5. The molecule has 3 aliphatic rings. The van der Waals surface area contributed by atoms with Crippen LogP contribution in [0.5, 0.6) is 5.75 Å². The van der Waals surface area contributed by atoms with Gasteiger partial charge in [-0.1, -0.05) is 108 Å². The number of ether oxygens (including phenoxy) is 2. The molecule has 56 heavy (non-hydrogen) atoms. The van der Waals surface area contributed by atoms with Crippen LogP contribution < -0.4 is 15.8 Å². The monoisotopic (exact) mass is 744 g/mol. The molecule has 6 atom stereocenters. The molecule has 1 aromatic heterocycles. The molecule has 278 valence electrons. The third kappa shape index (κ3) is 5.51. The summed E-state index contributed by atoms with van der Waals surface area (Å²) in [4.78, 5) is 45.8. The summed E-state index contributed by atoms with van der Waals surface area (Å²) in [6.45, 7) is -0.0334. The molecule has 0 saturated carbocycles. The third-order valence-corrected chi connectivity index (χ3v) is 11.1. The fourth-order valence-electron chi connectivity index (χ4n) is 8.92. The first kappa shape index (κ1) is 34.9. The van der Waals surface area contributed by atoms with Crippen molar-refractivity contribution in [3.8, 4) is 17.6 Å². The number of nitrogens with zero attached hydrogens (tertiary/aromatic N) is 4. The fraction of sp³-hybridized carbons (Fsp3) is 0.205. The van der Waals surface area contributed by atoms with Gasteiger partial charge in [0, 0.05) is 16.8 Å². The Morgan fingerprint density at radius 2 is 1.61 bits per heavy atom. The Balaban J connectivity index is 1.27.